The lowest BCUT2D eigenvalue weighted by molar-refractivity contribution is -0.128. The first-order valence-electron chi connectivity index (χ1n) is 6.25. The number of rotatable bonds is 2. The maximum Gasteiger partial charge on any atom is 0.225 e. The van der Waals surface area contributed by atoms with Crippen LogP contribution >= 0.6 is 0 Å². The molecule has 1 amide bonds. The average molecular weight is 226 g/mol. The lowest BCUT2D eigenvalue weighted by Crippen LogP contribution is -2.53. The third-order valence-corrected chi connectivity index (χ3v) is 3.48. The predicted molar refractivity (Wildman–Crippen MR) is 67.3 cm³/mol. The highest BCUT2D eigenvalue weighted by Crippen LogP contribution is 2.29. The molecule has 1 unspecified atom stereocenters. The van der Waals surface area contributed by atoms with Gasteiger partial charge in [0.15, 0.2) is 0 Å². The van der Waals surface area contributed by atoms with E-state index in [4.69, 9.17) is 0 Å². The fraction of sp³-hybridized carbons (Fsp3) is 0.923. The Bertz CT molecular complexity index is 253. The summed E-state index contributed by atoms with van der Waals surface area (Å²) >= 11 is 0. The number of carbonyl (C=O) groups is 1. The summed E-state index contributed by atoms with van der Waals surface area (Å²) in [6.45, 7) is 12.2. The molecule has 3 heteroatoms. The molecule has 0 bridgehead atoms. The minimum atomic E-state index is -0.293. The van der Waals surface area contributed by atoms with Crippen molar-refractivity contribution in [2.24, 2.45) is 10.8 Å². The van der Waals surface area contributed by atoms with E-state index in [0.29, 0.717) is 6.04 Å². The standard InChI is InChI=1S/C13H26N2O/c1-12(2,3)11(16)15-9-10-13(4,5)7-6-8-14-10/h10,14H,6-9H2,1-5H3,(H,15,16). The van der Waals surface area contributed by atoms with Crippen LogP contribution in [0, 0.1) is 10.8 Å². The molecule has 1 heterocycles. The lowest BCUT2D eigenvalue weighted by Gasteiger charge is -2.39. The smallest absolute Gasteiger partial charge is 0.225 e. The van der Waals surface area contributed by atoms with E-state index in [2.05, 4.69) is 24.5 Å². The minimum absolute atomic E-state index is 0.135. The van der Waals surface area contributed by atoms with Crippen molar-refractivity contribution in [2.45, 2.75) is 53.5 Å². The van der Waals surface area contributed by atoms with Crippen LogP contribution in [-0.4, -0.2) is 25.0 Å². The van der Waals surface area contributed by atoms with E-state index in [0.717, 1.165) is 13.1 Å². The first kappa shape index (κ1) is 13.5. The molecule has 1 aliphatic heterocycles. The summed E-state index contributed by atoms with van der Waals surface area (Å²) in [6, 6.07) is 0.396. The molecule has 1 aliphatic rings. The second-order valence-electron chi connectivity index (χ2n) is 6.56. The minimum Gasteiger partial charge on any atom is -0.354 e. The van der Waals surface area contributed by atoms with E-state index in [-0.39, 0.29) is 16.7 Å². The Morgan fingerprint density at radius 1 is 1.44 bits per heavy atom. The van der Waals surface area contributed by atoms with Gasteiger partial charge in [-0.2, -0.15) is 0 Å². The van der Waals surface area contributed by atoms with Gasteiger partial charge in [-0.1, -0.05) is 34.6 Å². The normalized spacial score (nSPS) is 25.2. The zero-order chi connectivity index (χ0) is 12.4. The molecule has 94 valence electrons. The first-order valence-corrected chi connectivity index (χ1v) is 6.25. The summed E-state index contributed by atoms with van der Waals surface area (Å²) in [7, 11) is 0. The Morgan fingerprint density at radius 3 is 2.56 bits per heavy atom. The van der Waals surface area contributed by atoms with Crippen molar-refractivity contribution in [3.8, 4) is 0 Å². The molecule has 0 aliphatic carbocycles. The van der Waals surface area contributed by atoms with Gasteiger partial charge in [0.1, 0.15) is 0 Å². The summed E-state index contributed by atoms with van der Waals surface area (Å²) in [4.78, 5) is 11.8. The number of carbonyl (C=O) groups excluding carboxylic acids is 1. The molecule has 0 aromatic rings. The quantitative estimate of drug-likeness (QED) is 0.755. The second kappa shape index (κ2) is 4.74. The zero-order valence-corrected chi connectivity index (χ0v) is 11.3. The third kappa shape index (κ3) is 3.48. The molecule has 2 N–H and O–H groups in total. The van der Waals surface area contributed by atoms with Crippen molar-refractivity contribution in [3.05, 3.63) is 0 Å². The molecule has 0 aromatic heterocycles. The van der Waals surface area contributed by atoms with Crippen LogP contribution in [0.4, 0.5) is 0 Å². The summed E-state index contributed by atoms with van der Waals surface area (Å²) in [5.74, 6) is 0.135. The van der Waals surface area contributed by atoms with Gasteiger partial charge in [0.2, 0.25) is 5.91 Å². The van der Waals surface area contributed by atoms with Crippen molar-refractivity contribution in [3.63, 3.8) is 0 Å². The van der Waals surface area contributed by atoms with Gasteiger partial charge in [-0.25, -0.2) is 0 Å². The number of nitrogens with one attached hydrogen (secondary N) is 2. The molecule has 0 saturated carbocycles. The highest BCUT2D eigenvalue weighted by atomic mass is 16.2. The highest BCUT2D eigenvalue weighted by molar-refractivity contribution is 5.81. The van der Waals surface area contributed by atoms with Crippen LogP contribution in [0.5, 0.6) is 0 Å². The van der Waals surface area contributed by atoms with E-state index in [1.807, 2.05) is 20.8 Å². The SMILES string of the molecule is CC(C)(C)C(=O)NCC1NCCCC1(C)C. The highest BCUT2D eigenvalue weighted by Gasteiger charge is 2.32. The monoisotopic (exact) mass is 226 g/mol. The van der Waals surface area contributed by atoms with Crippen molar-refractivity contribution in [1.29, 1.82) is 0 Å². The summed E-state index contributed by atoms with van der Waals surface area (Å²) in [6.07, 6.45) is 2.47. The molecule has 16 heavy (non-hydrogen) atoms. The van der Waals surface area contributed by atoms with Crippen molar-refractivity contribution < 1.29 is 4.79 Å². The number of hydrogen-bond acceptors (Lipinski definition) is 2. The Morgan fingerprint density at radius 2 is 2.06 bits per heavy atom. The molecule has 0 radical (unpaired) electrons. The molecule has 1 rings (SSSR count). The van der Waals surface area contributed by atoms with E-state index in [9.17, 15) is 4.79 Å². The van der Waals surface area contributed by atoms with Crippen LogP contribution in [0.1, 0.15) is 47.5 Å². The van der Waals surface area contributed by atoms with Crippen LogP contribution in [0.2, 0.25) is 0 Å². The number of amides is 1. The topological polar surface area (TPSA) is 41.1 Å². The maximum absolute atomic E-state index is 11.8. The van der Waals surface area contributed by atoms with Gasteiger partial charge in [0.25, 0.3) is 0 Å². The van der Waals surface area contributed by atoms with Crippen LogP contribution in [0.25, 0.3) is 0 Å². The van der Waals surface area contributed by atoms with Gasteiger partial charge in [-0.05, 0) is 24.8 Å². The summed E-state index contributed by atoms with van der Waals surface area (Å²) in [5, 5.41) is 6.55. The number of hydrogen-bond donors (Lipinski definition) is 2. The molecule has 0 aromatic carbocycles. The molecule has 1 atom stereocenters. The Labute approximate surface area is 99.4 Å². The van der Waals surface area contributed by atoms with Crippen LogP contribution in [0.3, 0.4) is 0 Å². The van der Waals surface area contributed by atoms with Crippen LogP contribution in [0.15, 0.2) is 0 Å². The van der Waals surface area contributed by atoms with Crippen molar-refractivity contribution in [2.75, 3.05) is 13.1 Å². The van der Waals surface area contributed by atoms with Crippen molar-refractivity contribution in [1.82, 2.24) is 10.6 Å². The van der Waals surface area contributed by atoms with Gasteiger partial charge in [-0.3, -0.25) is 4.79 Å². The number of piperidine rings is 1. The lowest BCUT2D eigenvalue weighted by atomic mass is 9.77. The van der Waals surface area contributed by atoms with E-state index in [1.165, 1.54) is 12.8 Å². The van der Waals surface area contributed by atoms with Crippen molar-refractivity contribution >= 4 is 5.91 Å². The molecule has 1 saturated heterocycles. The molecular formula is C13H26N2O. The predicted octanol–water partition coefficient (Wildman–Crippen LogP) is 1.93. The fourth-order valence-corrected chi connectivity index (χ4v) is 2.08. The maximum atomic E-state index is 11.8. The van der Waals surface area contributed by atoms with Gasteiger partial charge in [0, 0.05) is 18.0 Å². The van der Waals surface area contributed by atoms with E-state index < -0.39 is 0 Å². The average Bonchev–Trinajstić information content (AvgIpc) is 2.13. The van der Waals surface area contributed by atoms with Gasteiger partial charge in [-0.15, -0.1) is 0 Å². The van der Waals surface area contributed by atoms with Crippen LogP contribution in [-0.2, 0) is 4.79 Å². The Balaban J connectivity index is 2.45. The summed E-state index contributed by atoms with van der Waals surface area (Å²) < 4.78 is 0. The Hall–Kier alpha value is -0.570. The Kier molecular flexibility index (Phi) is 4.00. The molecule has 3 nitrogen and oxygen atoms in total. The van der Waals surface area contributed by atoms with Gasteiger partial charge >= 0.3 is 0 Å². The first-order chi connectivity index (χ1) is 7.23. The zero-order valence-electron chi connectivity index (χ0n) is 11.3. The van der Waals surface area contributed by atoms with Gasteiger partial charge < -0.3 is 10.6 Å². The molecule has 1 fully saturated rings. The van der Waals surface area contributed by atoms with Crippen LogP contribution < -0.4 is 10.6 Å². The van der Waals surface area contributed by atoms with Gasteiger partial charge in [0.05, 0.1) is 0 Å². The second-order valence-corrected chi connectivity index (χ2v) is 6.56. The van der Waals surface area contributed by atoms with E-state index in [1.54, 1.807) is 0 Å². The molecule has 0 spiro atoms. The third-order valence-electron chi connectivity index (χ3n) is 3.48. The summed E-state index contributed by atoms with van der Waals surface area (Å²) in [5.41, 5.74) is -0.0117. The van der Waals surface area contributed by atoms with E-state index >= 15 is 0 Å². The largest absolute Gasteiger partial charge is 0.354 e. The molecular weight excluding hydrogens is 200 g/mol. The fourth-order valence-electron chi connectivity index (χ4n) is 2.08.